The molecule has 7 heteroatoms. The number of ether oxygens (including phenoxy) is 3. The molecule has 1 amide bonds. The number of hydrogen-bond donors (Lipinski definition) is 1. The Bertz CT molecular complexity index is 1110. The number of rotatable bonds is 3. The first kappa shape index (κ1) is 18.4. The molecule has 0 radical (unpaired) electrons. The van der Waals surface area contributed by atoms with E-state index in [1.807, 2.05) is 42.5 Å². The summed E-state index contributed by atoms with van der Waals surface area (Å²) < 4.78 is 16.7. The van der Waals surface area contributed by atoms with Crippen molar-refractivity contribution < 1.29 is 28.9 Å². The highest BCUT2D eigenvalue weighted by molar-refractivity contribution is 6.00. The van der Waals surface area contributed by atoms with Gasteiger partial charge in [-0.25, -0.2) is 0 Å². The Balaban J connectivity index is 1.39. The zero-order valence-electron chi connectivity index (χ0n) is 16.7. The number of carbonyl (C=O) groups excluding carboxylic acids is 2. The van der Waals surface area contributed by atoms with Gasteiger partial charge in [0.2, 0.25) is 6.79 Å². The maximum Gasteiger partial charge on any atom is 0.317 e. The molecule has 158 valence electrons. The van der Waals surface area contributed by atoms with Crippen molar-refractivity contribution in [2.24, 2.45) is 5.41 Å². The summed E-state index contributed by atoms with van der Waals surface area (Å²) in [5.41, 5.74) is 1.02. The van der Waals surface area contributed by atoms with Gasteiger partial charge in [-0.2, -0.15) is 0 Å². The number of esters is 1. The fourth-order valence-corrected chi connectivity index (χ4v) is 5.49. The van der Waals surface area contributed by atoms with E-state index in [2.05, 4.69) is 0 Å². The van der Waals surface area contributed by atoms with Gasteiger partial charge < -0.3 is 24.2 Å². The van der Waals surface area contributed by atoms with E-state index in [9.17, 15) is 14.7 Å². The van der Waals surface area contributed by atoms with Crippen molar-refractivity contribution in [2.45, 2.75) is 31.1 Å². The number of fused-ring (bicyclic) bond motifs is 3. The lowest BCUT2D eigenvalue weighted by atomic mass is 9.64. The molecule has 3 heterocycles. The quantitative estimate of drug-likeness (QED) is 0.608. The van der Waals surface area contributed by atoms with Gasteiger partial charge in [0, 0.05) is 18.0 Å². The first-order chi connectivity index (χ1) is 15.1. The number of nitrogens with zero attached hydrogens (tertiary/aromatic N) is 1. The highest BCUT2D eigenvalue weighted by atomic mass is 16.7. The highest BCUT2D eigenvalue weighted by Crippen LogP contribution is 2.55. The molecular formula is C24H21NO6. The van der Waals surface area contributed by atoms with Gasteiger partial charge in [-0.05, 0) is 29.7 Å². The topological polar surface area (TPSA) is 85.3 Å². The van der Waals surface area contributed by atoms with E-state index >= 15 is 0 Å². The summed E-state index contributed by atoms with van der Waals surface area (Å²) in [5.74, 6) is 0.280. The minimum atomic E-state index is -1.20. The van der Waals surface area contributed by atoms with Crippen LogP contribution in [0.1, 0.15) is 33.8 Å². The zero-order valence-corrected chi connectivity index (χ0v) is 16.7. The van der Waals surface area contributed by atoms with Crippen LogP contribution >= 0.6 is 0 Å². The molecule has 6 rings (SSSR count). The summed E-state index contributed by atoms with van der Waals surface area (Å²) in [6.07, 6.45) is 2.88. The molecule has 0 spiro atoms. The molecule has 2 aromatic rings. The molecule has 1 saturated heterocycles. The molecule has 3 aliphatic heterocycles. The molecule has 1 N–H and O–H groups in total. The van der Waals surface area contributed by atoms with Crippen molar-refractivity contribution in [3.05, 3.63) is 71.3 Å². The van der Waals surface area contributed by atoms with E-state index < -0.39 is 23.5 Å². The summed E-state index contributed by atoms with van der Waals surface area (Å²) in [4.78, 5) is 28.5. The normalized spacial score (nSPS) is 29.5. The first-order valence-corrected chi connectivity index (χ1v) is 10.4. The van der Waals surface area contributed by atoms with Crippen molar-refractivity contribution in [1.82, 2.24) is 4.90 Å². The molecule has 0 aromatic heterocycles. The van der Waals surface area contributed by atoms with Crippen LogP contribution in [-0.4, -0.2) is 47.4 Å². The smallest absolute Gasteiger partial charge is 0.317 e. The Morgan fingerprint density at radius 2 is 1.94 bits per heavy atom. The zero-order chi connectivity index (χ0) is 21.2. The second kappa shape index (κ2) is 6.59. The Hall–Kier alpha value is -3.32. The van der Waals surface area contributed by atoms with E-state index in [1.165, 1.54) is 0 Å². The van der Waals surface area contributed by atoms with Gasteiger partial charge in [-0.15, -0.1) is 0 Å². The Labute approximate surface area is 178 Å². The van der Waals surface area contributed by atoms with Crippen LogP contribution in [0.25, 0.3) is 0 Å². The molecule has 0 saturated carbocycles. The number of carbonyl (C=O) groups is 2. The third-order valence-electron chi connectivity index (χ3n) is 6.99. The number of hydrogen-bond acceptors (Lipinski definition) is 6. The number of amides is 1. The van der Waals surface area contributed by atoms with Gasteiger partial charge >= 0.3 is 5.97 Å². The van der Waals surface area contributed by atoms with Crippen LogP contribution in [-0.2, 0) is 16.1 Å². The standard InChI is InChI=1S/C24H21NO6/c26-20-7-6-15-16-10-18-19(31-13-30-18)11-17(16)22(27)25-9-8-24(20,21(15)25)23(28)29-12-14-4-2-1-3-5-14/h1-7,10-11,15,20-21,26H,8-9,12-13H2/t15-,20-,21-,24-/m1/s1. The maximum absolute atomic E-state index is 13.4. The van der Waals surface area contributed by atoms with Crippen LogP contribution in [0.4, 0.5) is 0 Å². The summed E-state index contributed by atoms with van der Waals surface area (Å²) in [5, 5.41) is 11.0. The van der Waals surface area contributed by atoms with Crippen molar-refractivity contribution in [3.8, 4) is 11.5 Å². The van der Waals surface area contributed by atoms with Crippen molar-refractivity contribution in [3.63, 3.8) is 0 Å². The number of aliphatic hydroxyl groups excluding tert-OH is 1. The minimum Gasteiger partial charge on any atom is -0.460 e. The molecule has 4 aliphatic rings. The van der Waals surface area contributed by atoms with Crippen molar-refractivity contribution >= 4 is 11.9 Å². The molecule has 0 unspecified atom stereocenters. The largest absolute Gasteiger partial charge is 0.460 e. The maximum atomic E-state index is 13.4. The van der Waals surface area contributed by atoms with Crippen LogP contribution in [0.2, 0.25) is 0 Å². The second-order valence-electron chi connectivity index (χ2n) is 8.44. The monoisotopic (exact) mass is 419 g/mol. The fraction of sp³-hybridized carbons (Fsp3) is 0.333. The lowest BCUT2D eigenvalue weighted by molar-refractivity contribution is -0.166. The second-order valence-corrected chi connectivity index (χ2v) is 8.44. The van der Waals surface area contributed by atoms with Crippen LogP contribution in [0.3, 0.4) is 0 Å². The van der Waals surface area contributed by atoms with Crippen LogP contribution < -0.4 is 9.47 Å². The third kappa shape index (κ3) is 2.50. The summed E-state index contributed by atoms with van der Waals surface area (Å²) in [6, 6.07) is 12.5. The van der Waals surface area contributed by atoms with Crippen LogP contribution in [0.15, 0.2) is 54.6 Å². The molecule has 1 fully saturated rings. The van der Waals surface area contributed by atoms with E-state index in [0.29, 0.717) is 30.0 Å². The molecule has 4 atom stereocenters. The molecule has 2 aromatic carbocycles. The van der Waals surface area contributed by atoms with Crippen LogP contribution in [0, 0.1) is 5.41 Å². The minimum absolute atomic E-state index is 0.120. The van der Waals surface area contributed by atoms with E-state index in [4.69, 9.17) is 14.2 Å². The third-order valence-corrected chi connectivity index (χ3v) is 6.99. The van der Waals surface area contributed by atoms with Gasteiger partial charge in [0.05, 0.1) is 12.1 Å². The molecule has 31 heavy (non-hydrogen) atoms. The van der Waals surface area contributed by atoms with Gasteiger partial charge in [0.25, 0.3) is 5.91 Å². The molecule has 0 bridgehead atoms. The molecule has 1 aliphatic carbocycles. The van der Waals surface area contributed by atoms with Crippen LogP contribution in [0.5, 0.6) is 11.5 Å². The van der Waals surface area contributed by atoms with Crippen molar-refractivity contribution in [1.29, 1.82) is 0 Å². The average molecular weight is 419 g/mol. The predicted octanol–water partition coefficient (Wildman–Crippen LogP) is 2.39. The summed E-state index contributed by atoms with van der Waals surface area (Å²) in [6.45, 7) is 0.625. The Morgan fingerprint density at radius 3 is 2.74 bits per heavy atom. The SMILES string of the molecule is O=C1c2cc3c(cc2[C@H]2C=C[C@@H](O)[C@]4(C(=O)OCc5ccccc5)CCN1[C@H]24)OCO3. The first-order valence-electron chi connectivity index (χ1n) is 10.4. The van der Waals surface area contributed by atoms with Gasteiger partial charge in [0.15, 0.2) is 11.5 Å². The lowest BCUT2D eigenvalue weighted by Crippen LogP contribution is -2.58. The van der Waals surface area contributed by atoms with Gasteiger partial charge in [-0.3, -0.25) is 9.59 Å². The predicted molar refractivity (Wildman–Crippen MR) is 109 cm³/mol. The Kier molecular flexibility index (Phi) is 3.92. The molecular weight excluding hydrogens is 398 g/mol. The summed E-state index contributed by atoms with van der Waals surface area (Å²) >= 11 is 0. The van der Waals surface area contributed by atoms with E-state index in [0.717, 1.165) is 11.1 Å². The highest BCUT2D eigenvalue weighted by Gasteiger charge is 2.64. The van der Waals surface area contributed by atoms with E-state index in [-0.39, 0.29) is 25.2 Å². The van der Waals surface area contributed by atoms with E-state index in [1.54, 1.807) is 17.0 Å². The van der Waals surface area contributed by atoms with Gasteiger partial charge in [0.1, 0.15) is 12.0 Å². The fourth-order valence-electron chi connectivity index (χ4n) is 5.49. The lowest BCUT2D eigenvalue weighted by Gasteiger charge is -2.47. The number of aliphatic hydroxyl groups is 1. The number of benzene rings is 2. The van der Waals surface area contributed by atoms with Crippen molar-refractivity contribution in [2.75, 3.05) is 13.3 Å². The van der Waals surface area contributed by atoms with Gasteiger partial charge in [-0.1, -0.05) is 42.5 Å². The average Bonchev–Trinajstić information content (AvgIpc) is 3.42. The summed E-state index contributed by atoms with van der Waals surface area (Å²) in [7, 11) is 0. The Morgan fingerprint density at radius 1 is 1.16 bits per heavy atom. The molecule has 7 nitrogen and oxygen atoms in total.